The van der Waals surface area contributed by atoms with E-state index in [1.807, 2.05) is 0 Å². The van der Waals surface area contributed by atoms with Gasteiger partial charge >= 0.3 is 0 Å². The van der Waals surface area contributed by atoms with Gasteiger partial charge in [0, 0.05) is 19.3 Å². The van der Waals surface area contributed by atoms with Crippen LogP contribution in [0.5, 0.6) is 0 Å². The molecule has 8 heteroatoms. The van der Waals surface area contributed by atoms with Gasteiger partial charge < -0.3 is 4.90 Å². The van der Waals surface area contributed by atoms with Crippen molar-refractivity contribution >= 4 is 39.3 Å². The number of piperidine rings is 1. The minimum absolute atomic E-state index is 0.187. The Morgan fingerprint density at radius 1 is 1.20 bits per heavy atom. The summed E-state index contributed by atoms with van der Waals surface area (Å²) in [5.41, 5.74) is 1.20. The first-order valence-electron chi connectivity index (χ1n) is 6.44. The highest BCUT2D eigenvalue weighted by Gasteiger charge is 2.19. The van der Waals surface area contributed by atoms with Crippen LogP contribution in [0, 0.1) is 0 Å². The van der Waals surface area contributed by atoms with Gasteiger partial charge in [-0.05, 0) is 30.9 Å². The number of halogens is 1. The van der Waals surface area contributed by atoms with Gasteiger partial charge in [-0.3, -0.25) is 4.21 Å². The average Bonchev–Trinajstić information content (AvgIpc) is 2.46. The fraction of sp³-hybridized carbons (Fsp3) is 0.500. The molecule has 2 aromatic rings. The van der Waals surface area contributed by atoms with Crippen molar-refractivity contribution in [3.05, 3.63) is 11.5 Å². The van der Waals surface area contributed by atoms with Crippen molar-refractivity contribution in [3.8, 4) is 0 Å². The molecule has 0 spiro atoms. The van der Waals surface area contributed by atoms with Crippen molar-refractivity contribution in [3.63, 3.8) is 0 Å². The highest BCUT2D eigenvalue weighted by molar-refractivity contribution is 7.84. The first kappa shape index (κ1) is 13.6. The van der Waals surface area contributed by atoms with Crippen LogP contribution < -0.4 is 4.90 Å². The molecule has 1 fully saturated rings. The zero-order valence-electron chi connectivity index (χ0n) is 11.0. The topological polar surface area (TPSA) is 71.9 Å². The van der Waals surface area contributed by atoms with E-state index >= 15 is 0 Å². The molecular weight excluding hydrogens is 298 g/mol. The van der Waals surface area contributed by atoms with Gasteiger partial charge in [0.1, 0.15) is 11.0 Å². The normalized spacial score (nSPS) is 17.4. The van der Waals surface area contributed by atoms with E-state index in [0.29, 0.717) is 22.0 Å². The van der Waals surface area contributed by atoms with Gasteiger partial charge in [0.2, 0.25) is 10.4 Å². The van der Waals surface area contributed by atoms with Crippen LogP contribution in [-0.2, 0) is 10.8 Å². The Bertz CT molecular complexity index is 674. The van der Waals surface area contributed by atoms with Crippen molar-refractivity contribution in [1.29, 1.82) is 0 Å². The van der Waals surface area contributed by atoms with E-state index in [-0.39, 0.29) is 5.28 Å². The second-order valence-corrected chi connectivity index (χ2v) is 6.32. The molecule has 0 amide bonds. The molecule has 0 saturated carbocycles. The third kappa shape index (κ3) is 2.60. The number of nitrogens with zero attached hydrogens (tertiary/aromatic N) is 5. The molecule has 3 rings (SSSR count). The SMILES string of the molecule is CS(=O)c1ncc2nc(Cl)nc(N3CCCCC3)c2n1. The van der Waals surface area contributed by atoms with Gasteiger partial charge in [0.05, 0.1) is 17.0 Å². The summed E-state index contributed by atoms with van der Waals surface area (Å²) in [5.74, 6) is 0.716. The summed E-state index contributed by atoms with van der Waals surface area (Å²) in [6.07, 6.45) is 6.59. The number of hydrogen-bond donors (Lipinski definition) is 0. The first-order chi connectivity index (χ1) is 9.65. The van der Waals surface area contributed by atoms with Crippen molar-refractivity contribution in [2.24, 2.45) is 0 Å². The largest absolute Gasteiger partial charge is 0.355 e. The summed E-state index contributed by atoms with van der Waals surface area (Å²) < 4.78 is 11.5. The number of rotatable bonds is 2. The summed E-state index contributed by atoms with van der Waals surface area (Å²) in [6.45, 7) is 1.86. The molecule has 2 aromatic heterocycles. The van der Waals surface area contributed by atoms with E-state index in [1.54, 1.807) is 12.5 Å². The van der Waals surface area contributed by atoms with Crippen LogP contribution in [0.3, 0.4) is 0 Å². The minimum Gasteiger partial charge on any atom is -0.355 e. The molecule has 1 unspecified atom stereocenters. The van der Waals surface area contributed by atoms with E-state index in [1.165, 1.54) is 6.42 Å². The zero-order valence-corrected chi connectivity index (χ0v) is 12.6. The van der Waals surface area contributed by atoms with Crippen LogP contribution in [0.1, 0.15) is 19.3 Å². The number of aromatic nitrogens is 4. The Kier molecular flexibility index (Phi) is 3.80. The Hall–Kier alpha value is -1.34. The lowest BCUT2D eigenvalue weighted by Gasteiger charge is -2.28. The molecule has 3 heterocycles. The molecule has 6 nitrogen and oxygen atoms in total. The van der Waals surface area contributed by atoms with Crippen LogP contribution in [0.4, 0.5) is 5.82 Å². The van der Waals surface area contributed by atoms with Crippen LogP contribution >= 0.6 is 11.6 Å². The Balaban J connectivity index is 2.16. The molecule has 1 atom stereocenters. The Labute approximate surface area is 124 Å². The van der Waals surface area contributed by atoms with Crippen molar-refractivity contribution in [1.82, 2.24) is 19.9 Å². The average molecular weight is 312 g/mol. The van der Waals surface area contributed by atoms with Crippen LogP contribution in [0.2, 0.25) is 5.28 Å². The molecule has 106 valence electrons. The van der Waals surface area contributed by atoms with Gasteiger partial charge in [-0.25, -0.2) is 15.0 Å². The molecule has 20 heavy (non-hydrogen) atoms. The van der Waals surface area contributed by atoms with Crippen molar-refractivity contribution in [2.75, 3.05) is 24.2 Å². The lowest BCUT2D eigenvalue weighted by atomic mass is 10.1. The molecular formula is C12H14ClN5OS. The molecule has 1 aliphatic rings. The highest BCUT2D eigenvalue weighted by atomic mass is 35.5. The standard InChI is InChI=1S/C12H14ClN5OS/c1-20(19)12-14-7-8-9(16-12)10(17-11(13)15-8)18-5-3-2-4-6-18/h7H,2-6H2,1H3. The highest BCUT2D eigenvalue weighted by Crippen LogP contribution is 2.26. The van der Waals surface area contributed by atoms with Gasteiger partial charge in [-0.2, -0.15) is 4.98 Å². The maximum absolute atomic E-state index is 11.5. The molecule has 0 aromatic carbocycles. The quantitative estimate of drug-likeness (QED) is 0.788. The van der Waals surface area contributed by atoms with Crippen LogP contribution in [0.15, 0.2) is 11.4 Å². The minimum atomic E-state index is -1.23. The monoisotopic (exact) mass is 311 g/mol. The maximum atomic E-state index is 11.5. The van der Waals surface area contributed by atoms with Gasteiger partial charge in [0.15, 0.2) is 5.82 Å². The Morgan fingerprint density at radius 3 is 2.65 bits per heavy atom. The van der Waals surface area contributed by atoms with Gasteiger partial charge in [-0.15, -0.1) is 0 Å². The van der Waals surface area contributed by atoms with E-state index in [4.69, 9.17) is 11.6 Å². The summed E-state index contributed by atoms with van der Waals surface area (Å²) in [5, 5.41) is 0.480. The van der Waals surface area contributed by atoms with E-state index in [2.05, 4.69) is 24.8 Å². The fourth-order valence-corrected chi connectivity index (χ4v) is 2.93. The van der Waals surface area contributed by atoms with Crippen molar-refractivity contribution in [2.45, 2.75) is 24.4 Å². The third-order valence-electron chi connectivity index (χ3n) is 3.28. The summed E-state index contributed by atoms with van der Waals surface area (Å²) in [4.78, 5) is 19.0. The van der Waals surface area contributed by atoms with E-state index < -0.39 is 10.8 Å². The number of anilines is 1. The van der Waals surface area contributed by atoms with Crippen LogP contribution in [0.25, 0.3) is 11.0 Å². The molecule has 0 N–H and O–H groups in total. The third-order valence-corrected chi connectivity index (χ3v) is 4.16. The van der Waals surface area contributed by atoms with Crippen LogP contribution in [-0.4, -0.2) is 43.5 Å². The number of hydrogen-bond acceptors (Lipinski definition) is 6. The molecule has 0 radical (unpaired) electrons. The second kappa shape index (κ2) is 5.57. The smallest absolute Gasteiger partial charge is 0.225 e. The Morgan fingerprint density at radius 2 is 1.95 bits per heavy atom. The van der Waals surface area contributed by atoms with E-state index in [9.17, 15) is 4.21 Å². The summed E-state index contributed by atoms with van der Waals surface area (Å²) in [7, 11) is -1.23. The predicted molar refractivity (Wildman–Crippen MR) is 78.5 cm³/mol. The summed E-state index contributed by atoms with van der Waals surface area (Å²) in [6, 6.07) is 0. The fourth-order valence-electron chi connectivity index (χ4n) is 2.34. The lowest BCUT2D eigenvalue weighted by molar-refractivity contribution is 0.574. The molecule has 1 saturated heterocycles. The second-order valence-electron chi connectivity index (χ2n) is 4.70. The van der Waals surface area contributed by atoms with E-state index in [0.717, 1.165) is 25.9 Å². The van der Waals surface area contributed by atoms with Gasteiger partial charge in [0.25, 0.3) is 0 Å². The zero-order chi connectivity index (χ0) is 14.1. The predicted octanol–water partition coefficient (Wildman–Crippen LogP) is 1.80. The summed E-state index contributed by atoms with van der Waals surface area (Å²) >= 11 is 5.98. The van der Waals surface area contributed by atoms with Gasteiger partial charge in [-0.1, -0.05) is 0 Å². The number of fused-ring (bicyclic) bond motifs is 1. The lowest BCUT2D eigenvalue weighted by Crippen LogP contribution is -2.30. The first-order valence-corrected chi connectivity index (χ1v) is 8.37. The van der Waals surface area contributed by atoms with Crippen molar-refractivity contribution < 1.29 is 4.21 Å². The molecule has 0 aliphatic carbocycles. The molecule has 1 aliphatic heterocycles. The molecule has 0 bridgehead atoms. The maximum Gasteiger partial charge on any atom is 0.225 e.